The summed E-state index contributed by atoms with van der Waals surface area (Å²) in [5, 5.41) is 8.98. The highest BCUT2D eigenvalue weighted by Gasteiger charge is 2.46. The van der Waals surface area contributed by atoms with E-state index in [9.17, 15) is 9.59 Å². The molecule has 1 N–H and O–H groups in total. The van der Waals surface area contributed by atoms with Gasteiger partial charge < -0.3 is 10.0 Å². The lowest BCUT2D eigenvalue weighted by atomic mass is 10.0. The van der Waals surface area contributed by atoms with Crippen LogP contribution in [0, 0.1) is 18.8 Å². The van der Waals surface area contributed by atoms with E-state index < -0.39 is 5.97 Å². The molecule has 1 aliphatic rings. The Morgan fingerprint density at radius 1 is 1.33 bits per heavy atom. The van der Waals surface area contributed by atoms with Gasteiger partial charge in [-0.2, -0.15) is 0 Å². The van der Waals surface area contributed by atoms with E-state index in [2.05, 4.69) is 19.1 Å². The molecular weight excluding hydrogens is 266 g/mol. The molecule has 2 atom stereocenters. The first-order chi connectivity index (χ1) is 9.90. The van der Waals surface area contributed by atoms with E-state index in [0.717, 1.165) is 6.42 Å². The fourth-order valence-electron chi connectivity index (χ4n) is 2.89. The van der Waals surface area contributed by atoms with Crippen LogP contribution in [0.15, 0.2) is 24.3 Å². The first-order valence-corrected chi connectivity index (χ1v) is 7.46. The van der Waals surface area contributed by atoms with Gasteiger partial charge >= 0.3 is 5.97 Å². The van der Waals surface area contributed by atoms with E-state index in [4.69, 9.17) is 5.11 Å². The number of benzene rings is 1. The van der Waals surface area contributed by atoms with Crippen LogP contribution in [0.3, 0.4) is 0 Å². The second-order valence-electron chi connectivity index (χ2n) is 6.31. The van der Waals surface area contributed by atoms with Crippen molar-refractivity contribution in [1.29, 1.82) is 0 Å². The number of amides is 1. The highest BCUT2D eigenvalue weighted by atomic mass is 16.4. The number of aliphatic carboxylic acids is 1. The molecule has 4 heteroatoms. The van der Waals surface area contributed by atoms with E-state index in [1.165, 1.54) is 16.0 Å². The Labute approximate surface area is 125 Å². The molecule has 0 saturated heterocycles. The first kappa shape index (κ1) is 15.5. The van der Waals surface area contributed by atoms with Gasteiger partial charge in [0.2, 0.25) is 5.91 Å². The number of carbonyl (C=O) groups excluding carboxylic acids is 1. The normalized spacial score (nSPS) is 20.4. The number of aryl methyl sites for hydroxylation is 1. The van der Waals surface area contributed by atoms with Crippen molar-refractivity contribution in [3.05, 3.63) is 35.4 Å². The third kappa shape index (κ3) is 3.84. The van der Waals surface area contributed by atoms with Gasteiger partial charge in [0.15, 0.2) is 0 Å². The molecule has 2 unspecified atom stereocenters. The summed E-state index contributed by atoms with van der Waals surface area (Å²) < 4.78 is 0. The van der Waals surface area contributed by atoms with Crippen LogP contribution in [0.1, 0.15) is 37.3 Å². The van der Waals surface area contributed by atoms with Crippen molar-refractivity contribution >= 4 is 11.9 Å². The number of carboxylic acid groups (broad SMARTS) is 1. The van der Waals surface area contributed by atoms with Crippen LogP contribution >= 0.6 is 0 Å². The number of hydrogen-bond donors (Lipinski definition) is 1. The van der Waals surface area contributed by atoms with E-state index in [1.54, 1.807) is 0 Å². The number of carbonyl (C=O) groups is 2. The second-order valence-corrected chi connectivity index (χ2v) is 6.31. The van der Waals surface area contributed by atoms with Crippen LogP contribution in [0.5, 0.6) is 0 Å². The van der Waals surface area contributed by atoms with Crippen molar-refractivity contribution < 1.29 is 14.7 Å². The van der Waals surface area contributed by atoms with E-state index >= 15 is 0 Å². The van der Waals surface area contributed by atoms with Crippen LogP contribution in [0.4, 0.5) is 0 Å². The van der Waals surface area contributed by atoms with Gasteiger partial charge in [-0.25, -0.2) is 0 Å². The lowest BCUT2D eigenvalue weighted by molar-refractivity contribution is -0.145. The summed E-state index contributed by atoms with van der Waals surface area (Å²) >= 11 is 0. The maximum Gasteiger partial charge on any atom is 0.323 e. The van der Waals surface area contributed by atoms with Gasteiger partial charge in [-0.3, -0.25) is 9.59 Å². The molecule has 0 aromatic heterocycles. The predicted octanol–water partition coefficient (Wildman–Crippen LogP) is 2.67. The summed E-state index contributed by atoms with van der Waals surface area (Å²) in [5.74, 6) is -0.494. The SMILES string of the molecule is Cc1ccccc1C1CC1C(=O)N(CC(=O)O)CC(C)C. The van der Waals surface area contributed by atoms with Crippen LogP contribution < -0.4 is 0 Å². The van der Waals surface area contributed by atoms with E-state index in [-0.39, 0.29) is 30.2 Å². The fraction of sp³-hybridized carbons (Fsp3) is 0.529. The summed E-state index contributed by atoms with van der Waals surface area (Å²) in [4.78, 5) is 25.0. The average Bonchev–Trinajstić information content (AvgIpc) is 3.16. The lowest BCUT2D eigenvalue weighted by Crippen LogP contribution is -2.39. The Balaban J connectivity index is 2.06. The molecule has 4 nitrogen and oxygen atoms in total. The van der Waals surface area contributed by atoms with Crippen LogP contribution in [-0.4, -0.2) is 35.0 Å². The summed E-state index contributed by atoms with van der Waals surface area (Å²) in [6.45, 7) is 6.34. The highest BCUT2D eigenvalue weighted by Crippen LogP contribution is 2.49. The minimum absolute atomic E-state index is 0.0145. The number of carboxylic acids is 1. The molecule has 21 heavy (non-hydrogen) atoms. The Bertz CT molecular complexity index is 539. The van der Waals surface area contributed by atoms with Crippen LogP contribution in [0.25, 0.3) is 0 Å². The molecule has 0 radical (unpaired) electrons. The Hall–Kier alpha value is -1.84. The Kier molecular flexibility index (Phi) is 4.66. The molecule has 0 aliphatic heterocycles. The average molecular weight is 289 g/mol. The molecule has 1 amide bonds. The summed E-state index contributed by atoms with van der Waals surface area (Å²) in [6, 6.07) is 8.11. The standard InChI is InChI=1S/C17H23NO3/c1-11(2)9-18(10-16(19)20)17(21)15-8-14(15)13-7-5-4-6-12(13)3/h4-7,11,14-15H,8-10H2,1-3H3,(H,19,20). The minimum Gasteiger partial charge on any atom is -0.480 e. The molecule has 1 saturated carbocycles. The van der Waals surface area contributed by atoms with Gasteiger partial charge in [0.1, 0.15) is 6.54 Å². The topological polar surface area (TPSA) is 57.6 Å². The van der Waals surface area contributed by atoms with E-state index in [1.807, 2.05) is 26.0 Å². The molecule has 1 fully saturated rings. The molecule has 1 aromatic rings. The fourth-order valence-corrected chi connectivity index (χ4v) is 2.89. The number of rotatable bonds is 6. The predicted molar refractivity (Wildman–Crippen MR) is 81.1 cm³/mol. The van der Waals surface area contributed by atoms with Crippen LogP contribution in [-0.2, 0) is 9.59 Å². The summed E-state index contributed by atoms with van der Waals surface area (Å²) in [6.07, 6.45) is 0.831. The first-order valence-electron chi connectivity index (χ1n) is 7.46. The third-order valence-corrected chi connectivity index (χ3v) is 3.92. The van der Waals surface area contributed by atoms with Crippen molar-refractivity contribution in [2.24, 2.45) is 11.8 Å². The zero-order chi connectivity index (χ0) is 15.6. The molecule has 2 rings (SSSR count). The largest absolute Gasteiger partial charge is 0.480 e. The minimum atomic E-state index is -0.947. The molecule has 0 heterocycles. The van der Waals surface area contributed by atoms with Gasteiger partial charge in [-0.15, -0.1) is 0 Å². The zero-order valence-electron chi connectivity index (χ0n) is 12.9. The summed E-state index contributed by atoms with van der Waals surface area (Å²) in [5.41, 5.74) is 2.42. The maximum atomic E-state index is 12.5. The van der Waals surface area contributed by atoms with Gasteiger partial charge in [0.05, 0.1) is 0 Å². The Morgan fingerprint density at radius 3 is 2.57 bits per heavy atom. The van der Waals surface area contributed by atoms with Crippen molar-refractivity contribution in [3.63, 3.8) is 0 Å². The number of nitrogens with zero attached hydrogens (tertiary/aromatic N) is 1. The quantitative estimate of drug-likeness (QED) is 0.876. The highest BCUT2D eigenvalue weighted by molar-refractivity contribution is 5.86. The van der Waals surface area contributed by atoms with E-state index in [0.29, 0.717) is 6.54 Å². The molecular formula is C17H23NO3. The molecule has 0 bridgehead atoms. The molecule has 1 aliphatic carbocycles. The smallest absolute Gasteiger partial charge is 0.323 e. The molecule has 114 valence electrons. The monoisotopic (exact) mass is 289 g/mol. The van der Waals surface area contributed by atoms with Crippen molar-refractivity contribution in [3.8, 4) is 0 Å². The second kappa shape index (κ2) is 6.29. The van der Waals surface area contributed by atoms with Gasteiger partial charge in [0.25, 0.3) is 0 Å². The van der Waals surface area contributed by atoms with Crippen molar-refractivity contribution in [2.45, 2.75) is 33.1 Å². The van der Waals surface area contributed by atoms with Gasteiger partial charge in [-0.1, -0.05) is 38.1 Å². The van der Waals surface area contributed by atoms with Crippen LogP contribution in [0.2, 0.25) is 0 Å². The maximum absolute atomic E-state index is 12.5. The summed E-state index contributed by atoms with van der Waals surface area (Å²) in [7, 11) is 0. The Morgan fingerprint density at radius 2 is 2.00 bits per heavy atom. The zero-order valence-corrected chi connectivity index (χ0v) is 12.9. The molecule has 0 spiro atoms. The lowest BCUT2D eigenvalue weighted by Gasteiger charge is -2.23. The van der Waals surface area contributed by atoms with Gasteiger partial charge in [0, 0.05) is 12.5 Å². The van der Waals surface area contributed by atoms with Crippen molar-refractivity contribution in [2.75, 3.05) is 13.1 Å². The number of hydrogen-bond acceptors (Lipinski definition) is 2. The molecule has 1 aromatic carbocycles. The third-order valence-electron chi connectivity index (χ3n) is 3.92. The van der Waals surface area contributed by atoms with Crippen molar-refractivity contribution in [1.82, 2.24) is 4.90 Å². The van der Waals surface area contributed by atoms with Gasteiger partial charge in [-0.05, 0) is 36.3 Å².